The summed E-state index contributed by atoms with van der Waals surface area (Å²) >= 11 is 1.48. The molecule has 2 aromatic rings. The second-order valence-electron chi connectivity index (χ2n) is 9.31. The Bertz CT molecular complexity index is 889. The van der Waals surface area contributed by atoms with Gasteiger partial charge in [0, 0.05) is 17.6 Å². The Balaban J connectivity index is 1.24. The number of thioether (sulfide) groups is 1. The van der Waals surface area contributed by atoms with Crippen LogP contribution >= 0.6 is 11.8 Å². The fourth-order valence-electron chi connectivity index (χ4n) is 6.36. The van der Waals surface area contributed by atoms with Crippen molar-refractivity contribution in [1.82, 2.24) is 20.1 Å². The van der Waals surface area contributed by atoms with E-state index in [1.54, 1.807) is 7.11 Å². The van der Waals surface area contributed by atoms with E-state index < -0.39 is 0 Å². The first-order valence-corrected chi connectivity index (χ1v) is 12.1. The molecule has 0 aliphatic heterocycles. The molecule has 4 fully saturated rings. The van der Waals surface area contributed by atoms with Crippen molar-refractivity contribution in [1.29, 1.82) is 0 Å². The van der Waals surface area contributed by atoms with E-state index >= 15 is 0 Å². The van der Waals surface area contributed by atoms with Crippen LogP contribution in [-0.4, -0.2) is 39.1 Å². The molecule has 0 spiro atoms. The maximum Gasteiger partial charge on any atom is 0.230 e. The molecule has 6 nitrogen and oxygen atoms in total. The van der Waals surface area contributed by atoms with Gasteiger partial charge in [0.15, 0.2) is 11.0 Å². The zero-order chi connectivity index (χ0) is 20.7. The molecule has 1 heterocycles. The number of rotatable bonds is 7. The Morgan fingerprint density at radius 2 is 1.77 bits per heavy atom. The minimum absolute atomic E-state index is 0.0685. The molecule has 1 N–H and O–H groups in total. The standard InChI is InChI=1S/C23H30N4O2S/c1-3-27-21(18-4-6-19(29-2)7-5-18)25-26-22(27)30-14-20(28)24-23-11-15-8-16(12-23)10-17(9-15)13-23/h4-7,15-17H,3,8-14H2,1-2H3,(H,24,28). The van der Waals surface area contributed by atoms with Crippen LogP contribution in [0, 0.1) is 17.8 Å². The molecule has 1 amide bonds. The van der Waals surface area contributed by atoms with Crippen LogP contribution in [0.4, 0.5) is 0 Å². The van der Waals surface area contributed by atoms with Gasteiger partial charge in [0.05, 0.1) is 12.9 Å². The van der Waals surface area contributed by atoms with Gasteiger partial charge in [-0.25, -0.2) is 0 Å². The van der Waals surface area contributed by atoms with Gasteiger partial charge in [-0.05, 0) is 87.5 Å². The second kappa shape index (κ2) is 7.91. The number of aromatic nitrogens is 3. The first-order chi connectivity index (χ1) is 14.6. The van der Waals surface area contributed by atoms with Crippen LogP contribution in [0.15, 0.2) is 29.4 Å². The summed E-state index contributed by atoms with van der Waals surface area (Å²) in [5, 5.41) is 13.0. The third-order valence-electron chi connectivity index (χ3n) is 7.16. The molecular formula is C23H30N4O2S. The summed E-state index contributed by atoms with van der Waals surface area (Å²) in [5.74, 6) is 4.67. The maximum atomic E-state index is 12.8. The van der Waals surface area contributed by atoms with E-state index in [2.05, 4.69) is 27.0 Å². The molecule has 4 aliphatic rings. The van der Waals surface area contributed by atoms with Gasteiger partial charge in [0.25, 0.3) is 0 Å². The molecule has 0 unspecified atom stereocenters. The van der Waals surface area contributed by atoms with Crippen molar-refractivity contribution in [2.24, 2.45) is 17.8 Å². The summed E-state index contributed by atoms with van der Waals surface area (Å²) in [6, 6.07) is 7.83. The lowest BCUT2D eigenvalue weighted by molar-refractivity contribution is -0.124. The van der Waals surface area contributed by atoms with Gasteiger partial charge in [-0.3, -0.25) is 4.79 Å². The van der Waals surface area contributed by atoms with Crippen molar-refractivity contribution in [2.75, 3.05) is 12.9 Å². The fraction of sp³-hybridized carbons (Fsp3) is 0.609. The smallest absolute Gasteiger partial charge is 0.230 e. The van der Waals surface area contributed by atoms with Crippen molar-refractivity contribution < 1.29 is 9.53 Å². The van der Waals surface area contributed by atoms with Crippen molar-refractivity contribution in [3.63, 3.8) is 0 Å². The lowest BCUT2D eigenvalue weighted by atomic mass is 9.53. The number of carbonyl (C=O) groups is 1. The number of ether oxygens (including phenoxy) is 1. The molecular weight excluding hydrogens is 396 g/mol. The molecule has 30 heavy (non-hydrogen) atoms. The van der Waals surface area contributed by atoms with Gasteiger partial charge >= 0.3 is 0 Å². The number of nitrogens with zero attached hydrogens (tertiary/aromatic N) is 3. The van der Waals surface area contributed by atoms with Crippen LogP contribution in [0.25, 0.3) is 11.4 Å². The normalized spacial score (nSPS) is 29.2. The van der Waals surface area contributed by atoms with Crippen molar-refractivity contribution in [2.45, 2.75) is 62.7 Å². The fourth-order valence-corrected chi connectivity index (χ4v) is 7.16. The van der Waals surface area contributed by atoms with E-state index in [4.69, 9.17) is 4.74 Å². The maximum absolute atomic E-state index is 12.8. The largest absolute Gasteiger partial charge is 0.497 e. The Labute approximate surface area is 182 Å². The van der Waals surface area contributed by atoms with E-state index in [1.807, 2.05) is 24.3 Å². The third kappa shape index (κ3) is 3.72. The first-order valence-electron chi connectivity index (χ1n) is 11.1. The summed E-state index contributed by atoms with van der Waals surface area (Å²) in [5.41, 5.74) is 1.06. The lowest BCUT2D eigenvalue weighted by Gasteiger charge is -2.56. The van der Waals surface area contributed by atoms with Gasteiger partial charge < -0.3 is 14.6 Å². The van der Waals surface area contributed by atoms with Gasteiger partial charge in [-0.15, -0.1) is 10.2 Å². The molecule has 0 radical (unpaired) electrons. The molecule has 160 valence electrons. The summed E-state index contributed by atoms with van der Waals surface area (Å²) in [4.78, 5) is 12.8. The highest BCUT2D eigenvalue weighted by Crippen LogP contribution is 2.55. The molecule has 4 saturated carbocycles. The molecule has 7 heteroatoms. The highest BCUT2D eigenvalue weighted by atomic mass is 32.2. The van der Waals surface area contributed by atoms with E-state index in [0.717, 1.165) is 46.6 Å². The van der Waals surface area contributed by atoms with E-state index in [-0.39, 0.29) is 11.4 Å². The monoisotopic (exact) mass is 426 g/mol. The summed E-state index contributed by atoms with van der Waals surface area (Å²) in [6.07, 6.45) is 7.71. The highest BCUT2D eigenvalue weighted by Gasteiger charge is 2.51. The number of methoxy groups -OCH3 is 1. The Morgan fingerprint density at radius 1 is 1.13 bits per heavy atom. The first kappa shape index (κ1) is 19.9. The van der Waals surface area contributed by atoms with Gasteiger partial charge in [-0.1, -0.05) is 11.8 Å². The number of carbonyl (C=O) groups excluding carboxylic acids is 1. The molecule has 6 rings (SSSR count). The average molecular weight is 427 g/mol. The number of hydrogen-bond donors (Lipinski definition) is 1. The van der Waals surface area contributed by atoms with E-state index in [9.17, 15) is 4.79 Å². The molecule has 1 aromatic carbocycles. The minimum Gasteiger partial charge on any atom is -0.497 e. The third-order valence-corrected chi connectivity index (χ3v) is 8.12. The summed E-state index contributed by atoms with van der Waals surface area (Å²) < 4.78 is 7.31. The Kier molecular flexibility index (Phi) is 5.25. The molecule has 4 bridgehead atoms. The van der Waals surface area contributed by atoms with Crippen molar-refractivity contribution in [3.8, 4) is 17.1 Å². The van der Waals surface area contributed by atoms with Gasteiger partial charge in [0.1, 0.15) is 5.75 Å². The highest BCUT2D eigenvalue weighted by molar-refractivity contribution is 7.99. The number of amides is 1. The van der Waals surface area contributed by atoms with E-state index in [1.165, 1.54) is 50.3 Å². The van der Waals surface area contributed by atoms with Crippen LogP contribution in [-0.2, 0) is 11.3 Å². The van der Waals surface area contributed by atoms with Crippen molar-refractivity contribution in [3.05, 3.63) is 24.3 Å². The molecule has 1 aromatic heterocycles. The van der Waals surface area contributed by atoms with Crippen LogP contribution in [0.1, 0.15) is 45.4 Å². The quantitative estimate of drug-likeness (QED) is 0.674. The topological polar surface area (TPSA) is 69.0 Å². The lowest BCUT2D eigenvalue weighted by Crippen LogP contribution is -2.60. The van der Waals surface area contributed by atoms with Crippen LogP contribution < -0.4 is 10.1 Å². The Hall–Kier alpha value is -2.02. The van der Waals surface area contributed by atoms with Crippen molar-refractivity contribution >= 4 is 17.7 Å². The molecule has 0 saturated heterocycles. The minimum atomic E-state index is 0.0685. The van der Waals surface area contributed by atoms with Gasteiger partial charge in [0.2, 0.25) is 5.91 Å². The predicted molar refractivity (Wildman–Crippen MR) is 117 cm³/mol. The average Bonchev–Trinajstić information content (AvgIpc) is 3.14. The van der Waals surface area contributed by atoms with Crippen LogP contribution in [0.5, 0.6) is 5.75 Å². The van der Waals surface area contributed by atoms with Crippen LogP contribution in [0.3, 0.4) is 0 Å². The number of nitrogens with one attached hydrogen (secondary N) is 1. The predicted octanol–water partition coefficient (Wildman–Crippen LogP) is 4.15. The second-order valence-corrected chi connectivity index (χ2v) is 10.3. The number of hydrogen-bond acceptors (Lipinski definition) is 5. The summed E-state index contributed by atoms with van der Waals surface area (Å²) in [6.45, 7) is 2.84. The molecule has 0 atom stereocenters. The van der Waals surface area contributed by atoms with Gasteiger partial charge in [-0.2, -0.15) is 0 Å². The van der Waals surface area contributed by atoms with E-state index in [0.29, 0.717) is 5.75 Å². The summed E-state index contributed by atoms with van der Waals surface area (Å²) in [7, 11) is 1.66. The zero-order valence-electron chi connectivity index (χ0n) is 17.8. The SMILES string of the molecule is CCn1c(SCC(=O)NC23CC4CC(CC(C4)C2)C3)nnc1-c1ccc(OC)cc1. The zero-order valence-corrected chi connectivity index (χ0v) is 18.6. The molecule has 4 aliphatic carbocycles. The number of benzene rings is 1. The Morgan fingerprint density at radius 3 is 2.33 bits per heavy atom. The van der Waals surface area contributed by atoms with Crippen LogP contribution in [0.2, 0.25) is 0 Å².